The number of benzene rings is 4. The van der Waals surface area contributed by atoms with Crippen LogP contribution in [0, 0.1) is 5.82 Å². The molecule has 6 rings (SSSR count). The highest BCUT2D eigenvalue weighted by atomic mass is 19.1. The van der Waals surface area contributed by atoms with Crippen molar-refractivity contribution in [3.8, 4) is 5.75 Å². The molecule has 198 valence electrons. The Balaban J connectivity index is 1.54. The molecular formula is C34H27FN2O3. The van der Waals surface area contributed by atoms with Crippen LogP contribution < -0.4 is 4.74 Å². The molecule has 6 heteroatoms. The SMILES string of the molecule is CCC(=O)c1c2c(c(OC(c3ccccc3)c3ccccc3)c3ncccc13)C(=O)N(Cc1ccc(F)cc1)C2. The summed E-state index contributed by atoms with van der Waals surface area (Å²) in [4.78, 5) is 33.7. The third-order valence-corrected chi connectivity index (χ3v) is 7.30. The number of carbonyl (C=O) groups excluding carboxylic acids is 2. The Morgan fingerprint density at radius 2 is 1.57 bits per heavy atom. The van der Waals surface area contributed by atoms with E-state index < -0.39 is 6.10 Å². The van der Waals surface area contributed by atoms with Crippen LogP contribution in [0.25, 0.3) is 10.9 Å². The molecule has 0 aliphatic carbocycles. The first-order chi connectivity index (χ1) is 19.5. The molecule has 5 nitrogen and oxygen atoms in total. The number of hydrogen-bond acceptors (Lipinski definition) is 4. The summed E-state index contributed by atoms with van der Waals surface area (Å²) in [6.45, 7) is 2.34. The predicted octanol–water partition coefficient (Wildman–Crippen LogP) is 7.29. The Morgan fingerprint density at radius 3 is 2.20 bits per heavy atom. The second-order valence-corrected chi connectivity index (χ2v) is 9.84. The van der Waals surface area contributed by atoms with Gasteiger partial charge in [-0.1, -0.05) is 85.8 Å². The molecule has 5 aromatic rings. The van der Waals surface area contributed by atoms with E-state index >= 15 is 0 Å². The molecule has 0 N–H and O–H groups in total. The molecule has 0 saturated carbocycles. The molecular weight excluding hydrogens is 503 g/mol. The van der Waals surface area contributed by atoms with E-state index in [9.17, 15) is 14.0 Å². The Hall–Kier alpha value is -4.84. The molecule has 0 spiro atoms. The maximum Gasteiger partial charge on any atom is 0.258 e. The van der Waals surface area contributed by atoms with E-state index in [-0.39, 0.29) is 30.6 Å². The normalized spacial score (nSPS) is 12.7. The van der Waals surface area contributed by atoms with Crippen LogP contribution in [0.5, 0.6) is 5.75 Å². The summed E-state index contributed by atoms with van der Waals surface area (Å²) in [5.41, 5.74) is 4.65. The smallest absolute Gasteiger partial charge is 0.258 e. The Labute approximate surface area is 231 Å². The molecule has 0 unspecified atom stereocenters. The van der Waals surface area contributed by atoms with Crippen LogP contribution in [0.15, 0.2) is 103 Å². The summed E-state index contributed by atoms with van der Waals surface area (Å²) in [6, 6.07) is 29.4. The lowest BCUT2D eigenvalue weighted by Crippen LogP contribution is -2.23. The van der Waals surface area contributed by atoms with E-state index in [0.717, 1.165) is 16.7 Å². The molecule has 2 heterocycles. The first-order valence-corrected chi connectivity index (χ1v) is 13.3. The number of amides is 1. The lowest BCUT2D eigenvalue weighted by Gasteiger charge is -2.23. The van der Waals surface area contributed by atoms with Gasteiger partial charge in [-0.3, -0.25) is 14.6 Å². The number of Topliss-reactive ketones (excluding diaryl/α,β-unsaturated/α-hetero) is 1. The molecule has 0 atom stereocenters. The number of pyridine rings is 1. The average molecular weight is 531 g/mol. The lowest BCUT2D eigenvalue weighted by molar-refractivity contribution is 0.0761. The number of hydrogen-bond donors (Lipinski definition) is 0. The minimum Gasteiger partial charge on any atom is -0.478 e. The van der Waals surface area contributed by atoms with E-state index in [1.807, 2.05) is 73.7 Å². The fourth-order valence-electron chi connectivity index (χ4n) is 5.39. The van der Waals surface area contributed by atoms with E-state index in [0.29, 0.717) is 39.8 Å². The highest BCUT2D eigenvalue weighted by Crippen LogP contribution is 2.43. The summed E-state index contributed by atoms with van der Waals surface area (Å²) in [7, 11) is 0. The number of fused-ring (bicyclic) bond motifs is 2. The van der Waals surface area contributed by atoms with Crippen molar-refractivity contribution in [1.29, 1.82) is 0 Å². The van der Waals surface area contributed by atoms with Crippen LogP contribution in [0.3, 0.4) is 0 Å². The molecule has 1 aromatic heterocycles. The van der Waals surface area contributed by atoms with Crippen LogP contribution in [0.2, 0.25) is 0 Å². The maximum atomic E-state index is 14.1. The number of ketones is 1. The Kier molecular flexibility index (Phi) is 6.83. The van der Waals surface area contributed by atoms with Crippen LogP contribution in [-0.2, 0) is 13.1 Å². The van der Waals surface area contributed by atoms with Crippen molar-refractivity contribution < 1.29 is 18.7 Å². The van der Waals surface area contributed by atoms with E-state index in [4.69, 9.17) is 4.74 Å². The molecule has 0 radical (unpaired) electrons. The maximum absolute atomic E-state index is 14.1. The first-order valence-electron chi connectivity index (χ1n) is 13.3. The van der Waals surface area contributed by atoms with Crippen molar-refractivity contribution in [2.24, 2.45) is 0 Å². The molecule has 0 saturated heterocycles. The summed E-state index contributed by atoms with van der Waals surface area (Å²) in [6.07, 6.45) is 1.43. The number of rotatable bonds is 8. The minimum absolute atomic E-state index is 0.0556. The van der Waals surface area contributed by atoms with Gasteiger partial charge in [-0.25, -0.2) is 4.39 Å². The zero-order valence-electron chi connectivity index (χ0n) is 22.0. The average Bonchev–Trinajstić information content (AvgIpc) is 3.32. The van der Waals surface area contributed by atoms with Gasteiger partial charge in [0.1, 0.15) is 17.4 Å². The second-order valence-electron chi connectivity index (χ2n) is 9.84. The quantitative estimate of drug-likeness (QED) is 0.198. The van der Waals surface area contributed by atoms with Crippen LogP contribution in [0.4, 0.5) is 4.39 Å². The summed E-state index contributed by atoms with van der Waals surface area (Å²) < 4.78 is 20.4. The third-order valence-electron chi connectivity index (χ3n) is 7.30. The van der Waals surface area contributed by atoms with Gasteiger partial charge >= 0.3 is 0 Å². The van der Waals surface area contributed by atoms with Crippen LogP contribution >= 0.6 is 0 Å². The minimum atomic E-state index is -0.511. The third kappa shape index (κ3) is 4.62. The highest BCUT2D eigenvalue weighted by Gasteiger charge is 2.38. The van der Waals surface area contributed by atoms with Gasteiger partial charge in [-0.2, -0.15) is 0 Å². The Bertz CT molecular complexity index is 1660. The number of carbonyl (C=O) groups is 2. The van der Waals surface area contributed by atoms with Crippen molar-refractivity contribution in [3.63, 3.8) is 0 Å². The van der Waals surface area contributed by atoms with Gasteiger partial charge in [-0.05, 0) is 40.5 Å². The van der Waals surface area contributed by atoms with Gasteiger partial charge in [0.2, 0.25) is 0 Å². The highest BCUT2D eigenvalue weighted by molar-refractivity contribution is 6.16. The van der Waals surface area contributed by atoms with Gasteiger partial charge in [0, 0.05) is 36.7 Å². The van der Waals surface area contributed by atoms with E-state index in [1.165, 1.54) is 12.1 Å². The fourth-order valence-corrected chi connectivity index (χ4v) is 5.39. The largest absolute Gasteiger partial charge is 0.478 e. The van der Waals surface area contributed by atoms with Crippen molar-refractivity contribution in [1.82, 2.24) is 9.88 Å². The number of aromatic nitrogens is 1. The van der Waals surface area contributed by atoms with Crippen molar-refractivity contribution in [2.75, 3.05) is 0 Å². The molecule has 1 amide bonds. The summed E-state index contributed by atoms with van der Waals surface area (Å²) in [5, 5.41) is 0.666. The van der Waals surface area contributed by atoms with Crippen molar-refractivity contribution in [2.45, 2.75) is 32.5 Å². The van der Waals surface area contributed by atoms with Crippen LogP contribution in [-0.4, -0.2) is 21.6 Å². The molecule has 0 fully saturated rings. The number of halogens is 1. The lowest BCUT2D eigenvalue weighted by atomic mass is 9.92. The Morgan fingerprint density at radius 1 is 0.925 bits per heavy atom. The van der Waals surface area contributed by atoms with E-state index in [1.54, 1.807) is 29.3 Å². The van der Waals surface area contributed by atoms with Crippen molar-refractivity contribution >= 4 is 22.6 Å². The topological polar surface area (TPSA) is 59.5 Å². The molecule has 1 aliphatic rings. The molecule has 1 aliphatic heterocycles. The fraction of sp³-hybridized carbons (Fsp3) is 0.147. The second kappa shape index (κ2) is 10.7. The van der Waals surface area contributed by atoms with Gasteiger partial charge in [0.15, 0.2) is 11.5 Å². The van der Waals surface area contributed by atoms with Crippen LogP contribution in [0.1, 0.15) is 62.4 Å². The molecule has 40 heavy (non-hydrogen) atoms. The number of ether oxygens (including phenoxy) is 1. The number of nitrogens with zero attached hydrogens (tertiary/aromatic N) is 2. The summed E-state index contributed by atoms with van der Waals surface area (Å²) >= 11 is 0. The zero-order valence-corrected chi connectivity index (χ0v) is 22.0. The van der Waals surface area contributed by atoms with Gasteiger partial charge in [-0.15, -0.1) is 0 Å². The molecule has 4 aromatic carbocycles. The monoisotopic (exact) mass is 530 g/mol. The standard InChI is InChI=1S/C34H27FN2O3/c1-2-28(38)29-26-14-9-19-36-31(26)33(40-32(23-10-5-3-6-11-23)24-12-7-4-8-13-24)30-27(29)21-37(34(30)39)20-22-15-17-25(35)18-16-22/h3-19,32H,2,20-21H2,1H3. The summed E-state index contributed by atoms with van der Waals surface area (Å²) in [5.74, 6) is -0.272. The van der Waals surface area contributed by atoms with E-state index in [2.05, 4.69) is 4.98 Å². The first kappa shape index (κ1) is 25.4. The van der Waals surface area contributed by atoms with Crippen molar-refractivity contribution in [3.05, 3.63) is 142 Å². The predicted molar refractivity (Wildman–Crippen MR) is 152 cm³/mol. The van der Waals surface area contributed by atoms with Gasteiger partial charge < -0.3 is 9.64 Å². The molecule has 0 bridgehead atoms. The van der Waals surface area contributed by atoms with Gasteiger partial charge in [0.05, 0.1) is 5.56 Å². The van der Waals surface area contributed by atoms with Gasteiger partial charge in [0.25, 0.3) is 5.91 Å². The zero-order chi connectivity index (χ0) is 27.6.